The van der Waals surface area contributed by atoms with Gasteiger partial charge < -0.3 is 14.6 Å². The maximum absolute atomic E-state index is 10.4. The largest absolute Gasteiger partial charge is 0.454 e. The van der Waals surface area contributed by atoms with E-state index >= 15 is 0 Å². The number of aliphatic hydroxyl groups excluding tert-OH is 1. The zero-order valence-electron chi connectivity index (χ0n) is 10.6. The molecule has 0 aromatic heterocycles. The smallest absolute Gasteiger partial charge is 0.231 e. The van der Waals surface area contributed by atoms with Crippen LogP contribution in [0, 0.1) is 0 Å². The first-order valence-corrected chi connectivity index (χ1v) is 6.57. The number of hydrogen-bond donors (Lipinski definition) is 1. The first-order valence-electron chi connectivity index (χ1n) is 6.57. The van der Waals surface area contributed by atoms with Gasteiger partial charge in [-0.3, -0.25) is 4.90 Å². The van der Waals surface area contributed by atoms with Crippen LogP contribution in [0.15, 0.2) is 18.2 Å². The Kier molecular flexibility index (Phi) is 3.14. The highest BCUT2D eigenvalue weighted by Gasteiger charge is 2.26. The van der Waals surface area contributed by atoms with E-state index in [1.165, 1.54) is 12.8 Å². The Morgan fingerprint density at radius 1 is 1.17 bits per heavy atom. The van der Waals surface area contributed by atoms with Crippen molar-refractivity contribution in [1.82, 2.24) is 4.90 Å². The summed E-state index contributed by atoms with van der Waals surface area (Å²) >= 11 is 0. The molecule has 0 bridgehead atoms. The Labute approximate surface area is 107 Å². The molecule has 4 nitrogen and oxygen atoms in total. The summed E-state index contributed by atoms with van der Waals surface area (Å²) in [6.07, 6.45) is 1.99. The Balaban J connectivity index is 1.77. The lowest BCUT2D eigenvalue weighted by molar-refractivity contribution is 0.0714. The van der Waals surface area contributed by atoms with Gasteiger partial charge in [-0.25, -0.2) is 0 Å². The molecule has 2 unspecified atom stereocenters. The van der Waals surface area contributed by atoms with Gasteiger partial charge in [-0.05, 0) is 50.6 Å². The van der Waals surface area contributed by atoms with E-state index in [1.54, 1.807) is 0 Å². The van der Waals surface area contributed by atoms with E-state index < -0.39 is 6.10 Å². The van der Waals surface area contributed by atoms with Gasteiger partial charge in [0.2, 0.25) is 6.79 Å². The molecule has 18 heavy (non-hydrogen) atoms. The van der Waals surface area contributed by atoms with E-state index in [0.717, 1.165) is 30.2 Å². The van der Waals surface area contributed by atoms with Crippen molar-refractivity contribution < 1.29 is 14.6 Å². The van der Waals surface area contributed by atoms with Crippen molar-refractivity contribution in [3.8, 4) is 11.5 Å². The second-order valence-corrected chi connectivity index (χ2v) is 5.04. The minimum absolute atomic E-state index is 0.146. The first kappa shape index (κ1) is 11.8. The van der Waals surface area contributed by atoms with Crippen LogP contribution in [0.1, 0.15) is 31.4 Å². The molecular weight excluding hydrogens is 230 g/mol. The minimum Gasteiger partial charge on any atom is -0.454 e. The van der Waals surface area contributed by atoms with E-state index in [4.69, 9.17) is 9.47 Å². The second-order valence-electron chi connectivity index (χ2n) is 5.04. The molecule has 2 aliphatic rings. The third-order valence-electron chi connectivity index (χ3n) is 3.91. The monoisotopic (exact) mass is 249 g/mol. The molecule has 2 atom stereocenters. The van der Waals surface area contributed by atoms with Crippen LogP contribution in [0.4, 0.5) is 0 Å². The topological polar surface area (TPSA) is 41.9 Å². The second kappa shape index (κ2) is 4.78. The highest BCUT2D eigenvalue weighted by molar-refractivity contribution is 5.45. The van der Waals surface area contributed by atoms with Crippen molar-refractivity contribution >= 4 is 0 Å². The van der Waals surface area contributed by atoms with Crippen molar-refractivity contribution in [2.24, 2.45) is 0 Å². The predicted octanol–water partition coefficient (Wildman–Crippen LogP) is 1.93. The average molecular weight is 249 g/mol. The summed E-state index contributed by atoms with van der Waals surface area (Å²) < 4.78 is 10.6. The van der Waals surface area contributed by atoms with Gasteiger partial charge in [0.05, 0.1) is 6.10 Å². The Morgan fingerprint density at radius 2 is 1.89 bits per heavy atom. The molecule has 1 aromatic carbocycles. The van der Waals surface area contributed by atoms with Gasteiger partial charge >= 0.3 is 0 Å². The van der Waals surface area contributed by atoms with Crippen LogP contribution < -0.4 is 9.47 Å². The van der Waals surface area contributed by atoms with Crippen LogP contribution >= 0.6 is 0 Å². The number of nitrogens with zero attached hydrogens (tertiary/aromatic N) is 1. The lowest BCUT2D eigenvalue weighted by atomic mass is 10.0. The van der Waals surface area contributed by atoms with Crippen molar-refractivity contribution in [3.05, 3.63) is 23.8 Å². The fraction of sp³-hybridized carbons (Fsp3) is 0.571. The number of hydrogen-bond acceptors (Lipinski definition) is 4. The molecule has 4 heteroatoms. The van der Waals surface area contributed by atoms with Crippen LogP contribution in [0.3, 0.4) is 0 Å². The molecule has 0 spiro atoms. The summed E-state index contributed by atoms with van der Waals surface area (Å²) in [5.74, 6) is 1.50. The van der Waals surface area contributed by atoms with Crippen LogP contribution in [0.5, 0.6) is 11.5 Å². The van der Waals surface area contributed by atoms with E-state index in [-0.39, 0.29) is 12.8 Å². The van der Waals surface area contributed by atoms with Gasteiger partial charge in [-0.2, -0.15) is 0 Å². The van der Waals surface area contributed by atoms with Crippen LogP contribution in [0.25, 0.3) is 0 Å². The highest BCUT2D eigenvalue weighted by Crippen LogP contribution is 2.35. The van der Waals surface area contributed by atoms with Gasteiger partial charge in [-0.1, -0.05) is 6.07 Å². The first-order chi connectivity index (χ1) is 8.75. The molecule has 3 rings (SSSR count). The maximum atomic E-state index is 10.4. The third-order valence-corrected chi connectivity index (χ3v) is 3.91. The van der Waals surface area contributed by atoms with Crippen LogP contribution in [-0.4, -0.2) is 35.9 Å². The number of rotatable bonds is 3. The molecule has 0 radical (unpaired) electrons. The fourth-order valence-electron chi connectivity index (χ4n) is 2.72. The summed E-state index contributed by atoms with van der Waals surface area (Å²) in [4.78, 5) is 2.34. The predicted molar refractivity (Wildman–Crippen MR) is 67.8 cm³/mol. The average Bonchev–Trinajstić information content (AvgIpc) is 3.06. The van der Waals surface area contributed by atoms with Gasteiger partial charge in [-0.15, -0.1) is 0 Å². The van der Waals surface area contributed by atoms with Crippen molar-refractivity contribution in [2.75, 3.05) is 19.9 Å². The molecule has 0 saturated carbocycles. The number of aliphatic hydroxyl groups is 1. The summed E-state index contributed by atoms with van der Waals surface area (Å²) in [5.41, 5.74) is 0.902. The van der Waals surface area contributed by atoms with Crippen LogP contribution in [0.2, 0.25) is 0 Å². The highest BCUT2D eigenvalue weighted by atomic mass is 16.7. The van der Waals surface area contributed by atoms with Crippen molar-refractivity contribution in [3.63, 3.8) is 0 Å². The van der Waals surface area contributed by atoms with Gasteiger partial charge in [0.15, 0.2) is 11.5 Å². The normalized spacial score (nSPS) is 22.1. The SMILES string of the molecule is CC(C(O)c1ccc2c(c1)OCO2)N1CCCC1. The van der Waals surface area contributed by atoms with Gasteiger partial charge in [0, 0.05) is 6.04 Å². The molecule has 0 aliphatic carbocycles. The molecule has 0 amide bonds. The van der Waals surface area contributed by atoms with E-state index in [0.29, 0.717) is 0 Å². The van der Waals surface area contributed by atoms with Gasteiger partial charge in [0.1, 0.15) is 0 Å². The molecule has 2 aliphatic heterocycles. The summed E-state index contributed by atoms with van der Waals surface area (Å²) in [7, 11) is 0. The lowest BCUT2D eigenvalue weighted by Gasteiger charge is -2.28. The lowest BCUT2D eigenvalue weighted by Crippen LogP contribution is -2.35. The fourth-order valence-corrected chi connectivity index (χ4v) is 2.72. The molecule has 98 valence electrons. The third kappa shape index (κ3) is 2.06. The molecule has 1 fully saturated rings. The quantitative estimate of drug-likeness (QED) is 0.889. The number of benzene rings is 1. The van der Waals surface area contributed by atoms with Crippen molar-refractivity contribution in [1.29, 1.82) is 0 Å². The molecule has 2 heterocycles. The number of fused-ring (bicyclic) bond motifs is 1. The minimum atomic E-state index is -0.474. The standard InChI is InChI=1S/C14H19NO3/c1-10(15-6-2-3-7-15)14(16)11-4-5-12-13(8-11)18-9-17-12/h4-5,8,10,14,16H,2-3,6-7,9H2,1H3. The summed E-state index contributed by atoms with van der Waals surface area (Å²) in [5, 5.41) is 10.4. The van der Waals surface area contributed by atoms with Crippen molar-refractivity contribution in [2.45, 2.75) is 31.9 Å². The summed E-state index contributed by atoms with van der Waals surface area (Å²) in [6.45, 7) is 4.53. The van der Waals surface area contributed by atoms with E-state index in [2.05, 4.69) is 11.8 Å². The zero-order chi connectivity index (χ0) is 12.5. The Bertz CT molecular complexity index is 429. The number of ether oxygens (including phenoxy) is 2. The van der Waals surface area contributed by atoms with Gasteiger partial charge in [0.25, 0.3) is 0 Å². The van der Waals surface area contributed by atoms with E-state index in [9.17, 15) is 5.11 Å². The molecule has 1 N–H and O–H groups in total. The zero-order valence-corrected chi connectivity index (χ0v) is 10.6. The summed E-state index contributed by atoms with van der Waals surface area (Å²) in [6, 6.07) is 5.83. The molecule has 1 saturated heterocycles. The molecular formula is C14H19NO3. The Morgan fingerprint density at radius 3 is 2.67 bits per heavy atom. The maximum Gasteiger partial charge on any atom is 0.231 e. The van der Waals surface area contributed by atoms with E-state index in [1.807, 2.05) is 18.2 Å². The van der Waals surface area contributed by atoms with Crippen LogP contribution in [-0.2, 0) is 0 Å². The Hall–Kier alpha value is -1.26. The molecule has 1 aromatic rings. The number of likely N-dealkylation sites (tertiary alicyclic amines) is 1.